The second-order valence-electron chi connectivity index (χ2n) is 2.81. The van der Waals surface area contributed by atoms with Gasteiger partial charge in [0.1, 0.15) is 0 Å². The minimum atomic E-state index is -0.685. The lowest BCUT2D eigenvalue weighted by Gasteiger charge is -2.01. The second-order valence-corrected chi connectivity index (χ2v) is 2.81. The molecule has 2 aromatic heterocycles. The molecule has 5 nitrogen and oxygen atoms in total. The number of halogens is 1. The van der Waals surface area contributed by atoms with Crippen molar-refractivity contribution in [3.63, 3.8) is 0 Å². The molecule has 76 valence electrons. The van der Waals surface area contributed by atoms with Gasteiger partial charge in [-0.1, -0.05) is 0 Å². The number of carbonyl (C=O) groups excluding carboxylic acids is 1. The molecule has 0 saturated carbocycles. The summed E-state index contributed by atoms with van der Waals surface area (Å²) in [5, 5.41) is 8.75. The zero-order valence-electron chi connectivity index (χ0n) is 7.57. The Morgan fingerprint density at radius 1 is 1.53 bits per heavy atom. The Labute approximate surface area is 84.3 Å². The average Bonchev–Trinajstić information content (AvgIpc) is 2.70. The molecule has 2 N–H and O–H groups in total. The van der Waals surface area contributed by atoms with Crippen LogP contribution < -0.4 is 5.32 Å². The Bertz CT molecular complexity index is 469. The highest BCUT2D eigenvalue weighted by atomic mass is 19.1. The van der Waals surface area contributed by atoms with Crippen LogP contribution in [0.25, 0.3) is 0 Å². The van der Waals surface area contributed by atoms with Crippen molar-refractivity contribution in [1.29, 1.82) is 0 Å². The predicted molar refractivity (Wildman–Crippen MR) is 50.7 cm³/mol. The highest BCUT2D eigenvalue weighted by molar-refractivity contribution is 6.03. The SMILES string of the molecule is O=C(Nc1cn[nH]c1)c1ccnc(F)c1. The summed E-state index contributed by atoms with van der Waals surface area (Å²) in [7, 11) is 0. The van der Waals surface area contributed by atoms with Gasteiger partial charge in [-0.3, -0.25) is 9.89 Å². The van der Waals surface area contributed by atoms with Gasteiger partial charge in [0.25, 0.3) is 5.91 Å². The maximum Gasteiger partial charge on any atom is 0.255 e. The van der Waals surface area contributed by atoms with E-state index in [9.17, 15) is 9.18 Å². The quantitative estimate of drug-likeness (QED) is 0.725. The van der Waals surface area contributed by atoms with Crippen LogP contribution in [0.15, 0.2) is 30.7 Å². The maximum atomic E-state index is 12.7. The fourth-order valence-corrected chi connectivity index (χ4v) is 1.07. The number of amides is 1. The molecule has 0 saturated heterocycles. The molecular formula is C9H7FN4O. The third-order valence-electron chi connectivity index (χ3n) is 1.74. The smallest absolute Gasteiger partial charge is 0.255 e. The largest absolute Gasteiger partial charge is 0.319 e. The van der Waals surface area contributed by atoms with E-state index in [1.807, 2.05) is 0 Å². The van der Waals surface area contributed by atoms with Crippen LogP contribution in [-0.2, 0) is 0 Å². The number of hydrogen-bond acceptors (Lipinski definition) is 3. The van der Waals surface area contributed by atoms with E-state index in [-0.39, 0.29) is 5.56 Å². The zero-order valence-corrected chi connectivity index (χ0v) is 7.57. The highest BCUT2D eigenvalue weighted by Gasteiger charge is 2.07. The minimum Gasteiger partial charge on any atom is -0.319 e. The number of nitrogens with zero attached hydrogens (tertiary/aromatic N) is 2. The molecule has 0 aliphatic rings. The molecule has 0 aromatic carbocycles. The first-order chi connectivity index (χ1) is 7.25. The van der Waals surface area contributed by atoms with Crippen molar-refractivity contribution < 1.29 is 9.18 Å². The van der Waals surface area contributed by atoms with Crippen molar-refractivity contribution in [2.75, 3.05) is 5.32 Å². The van der Waals surface area contributed by atoms with E-state index in [0.717, 1.165) is 6.07 Å². The standard InChI is InChI=1S/C9H7FN4O/c10-8-3-6(1-2-11-8)9(15)14-7-4-12-13-5-7/h1-5H,(H,12,13)(H,14,15). The Balaban J connectivity index is 2.15. The molecular weight excluding hydrogens is 199 g/mol. The van der Waals surface area contributed by atoms with E-state index in [0.29, 0.717) is 5.69 Å². The number of aromatic amines is 1. The molecule has 0 aliphatic heterocycles. The molecule has 0 aliphatic carbocycles. The summed E-state index contributed by atoms with van der Waals surface area (Å²) in [5.41, 5.74) is 0.737. The lowest BCUT2D eigenvalue weighted by molar-refractivity contribution is 0.102. The molecule has 0 unspecified atom stereocenters. The van der Waals surface area contributed by atoms with E-state index in [1.165, 1.54) is 24.7 Å². The first-order valence-electron chi connectivity index (χ1n) is 4.17. The summed E-state index contributed by atoms with van der Waals surface area (Å²) in [6, 6.07) is 2.49. The van der Waals surface area contributed by atoms with Crippen LogP contribution in [0.5, 0.6) is 0 Å². The van der Waals surface area contributed by atoms with Crippen molar-refractivity contribution in [2.45, 2.75) is 0 Å². The monoisotopic (exact) mass is 206 g/mol. The number of H-pyrrole nitrogens is 1. The fraction of sp³-hybridized carbons (Fsp3) is 0. The number of rotatable bonds is 2. The Morgan fingerprint density at radius 2 is 2.40 bits per heavy atom. The number of aromatic nitrogens is 3. The lowest BCUT2D eigenvalue weighted by atomic mass is 10.2. The van der Waals surface area contributed by atoms with Gasteiger partial charge < -0.3 is 5.32 Å². The first kappa shape index (κ1) is 9.32. The average molecular weight is 206 g/mol. The van der Waals surface area contributed by atoms with Crippen LogP contribution in [-0.4, -0.2) is 21.1 Å². The van der Waals surface area contributed by atoms with E-state index in [4.69, 9.17) is 0 Å². The van der Waals surface area contributed by atoms with Gasteiger partial charge in [-0.2, -0.15) is 9.49 Å². The fourth-order valence-electron chi connectivity index (χ4n) is 1.07. The van der Waals surface area contributed by atoms with Crippen LogP contribution in [0.3, 0.4) is 0 Å². The summed E-state index contributed by atoms with van der Waals surface area (Å²) >= 11 is 0. The molecule has 2 aromatic rings. The summed E-state index contributed by atoms with van der Waals surface area (Å²) in [5.74, 6) is -1.09. The molecule has 0 radical (unpaired) electrons. The minimum absolute atomic E-state index is 0.212. The van der Waals surface area contributed by atoms with Gasteiger partial charge in [0, 0.05) is 24.0 Å². The molecule has 0 atom stereocenters. The van der Waals surface area contributed by atoms with Crippen molar-refractivity contribution in [2.24, 2.45) is 0 Å². The Hall–Kier alpha value is -2.24. The molecule has 2 rings (SSSR count). The second kappa shape index (κ2) is 3.87. The van der Waals surface area contributed by atoms with Gasteiger partial charge in [-0.05, 0) is 6.07 Å². The number of pyridine rings is 1. The Kier molecular flexibility index (Phi) is 2.40. The number of nitrogens with one attached hydrogen (secondary N) is 2. The molecule has 0 bridgehead atoms. The number of anilines is 1. The zero-order chi connectivity index (χ0) is 10.7. The van der Waals surface area contributed by atoms with Crippen LogP contribution in [0.4, 0.5) is 10.1 Å². The van der Waals surface area contributed by atoms with Gasteiger partial charge >= 0.3 is 0 Å². The molecule has 15 heavy (non-hydrogen) atoms. The molecule has 1 amide bonds. The van der Waals surface area contributed by atoms with Crippen LogP contribution >= 0.6 is 0 Å². The summed E-state index contributed by atoms with van der Waals surface area (Å²) < 4.78 is 12.7. The van der Waals surface area contributed by atoms with Gasteiger partial charge in [-0.15, -0.1) is 0 Å². The van der Waals surface area contributed by atoms with Crippen LogP contribution in [0.1, 0.15) is 10.4 Å². The van der Waals surface area contributed by atoms with Crippen LogP contribution in [0, 0.1) is 5.95 Å². The molecule has 2 heterocycles. The predicted octanol–water partition coefficient (Wildman–Crippen LogP) is 1.20. The van der Waals surface area contributed by atoms with Gasteiger partial charge in [0.05, 0.1) is 11.9 Å². The van der Waals surface area contributed by atoms with E-state index in [2.05, 4.69) is 20.5 Å². The third kappa shape index (κ3) is 2.16. The number of hydrogen-bond donors (Lipinski definition) is 2. The van der Waals surface area contributed by atoms with Crippen molar-refractivity contribution in [3.8, 4) is 0 Å². The first-order valence-corrected chi connectivity index (χ1v) is 4.17. The molecule has 0 spiro atoms. The third-order valence-corrected chi connectivity index (χ3v) is 1.74. The van der Waals surface area contributed by atoms with E-state index >= 15 is 0 Å². The lowest BCUT2D eigenvalue weighted by Crippen LogP contribution is -2.11. The summed E-state index contributed by atoms with van der Waals surface area (Å²) in [6.07, 6.45) is 4.21. The normalized spacial score (nSPS) is 9.93. The molecule has 6 heteroatoms. The Morgan fingerprint density at radius 3 is 3.07 bits per heavy atom. The van der Waals surface area contributed by atoms with Gasteiger partial charge in [-0.25, -0.2) is 4.98 Å². The van der Waals surface area contributed by atoms with Crippen LogP contribution in [0.2, 0.25) is 0 Å². The topological polar surface area (TPSA) is 70.7 Å². The van der Waals surface area contributed by atoms with Crippen molar-refractivity contribution >= 4 is 11.6 Å². The summed E-state index contributed by atoms with van der Waals surface area (Å²) in [4.78, 5) is 14.9. The van der Waals surface area contributed by atoms with E-state index in [1.54, 1.807) is 0 Å². The number of carbonyl (C=O) groups is 1. The van der Waals surface area contributed by atoms with Gasteiger partial charge in [0.2, 0.25) is 5.95 Å². The summed E-state index contributed by atoms with van der Waals surface area (Å²) in [6.45, 7) is 0. The van der Waals surface area contributed by atoms with Crippen molar-refractivity contribution in [3.05, 3.63) is 42.2 Å². The maximum absolute atomic E-state index is 12.7. The van der Waals surface area contributed by atoms with E-state index < -0.39 is 11.9 Å². The van der Waals surface area contributed by atoms with Crippen molar-refractivity contribution in [1.82, 2.24) is 15.2 Å². The van der Waals surface area contributed by atoms with Gasteiger partial charge in [0.15, 0.2) is 0 Å². The highest BCUT2D eigenvalue weighted by Crippen LogP contribution is 2.06. The molecule has 0 fully saturated rings.